The maximum atomic E-state index is 13.2. The Kier molecular flexibility index (Phi) is 9.05. The van der Waals surface area contributed by atoms with E-state index in [-0.39, 0.29) is 37.0 Å². The molecule has 0 radical (unpaired) electrons. The van der Waals surface area contributed by atoms with E-state index in [1.165, 1.54) is 11.0 Å². The first kappa shape index (κ1) is 28.0. The van der Waals surface area contributed by atoms with Crippen molar-refractivity contribution in [3.05, 3.63) is 75.8 Å². The largest absolute Gasteiger partial charge is 0.508 e. The smallest absolute Gasteiger partial charge is 0.233 e. The number of hydrogen-bond acceptors (Lipinski definition) is 6. The number of hydrogen-bond donors (Lipinski definition) is 4. The molecule has 4 N–H and O–H groups in total. The van der Waals surface area contributed by atoms with E-state index in [1.807, 2.05) is 43.3 Å². The van der Waals surface area contributed by atoms with Crippen LogP contribution in [0.4, 0.5) is 0 Å². The van der Waals surface area contributed by atoms with Crippen LogP contribution in [0.1, 0.15) is 43.7 Å². The maximum Gasteiger partial charge on any atom is 0.233 e. The van der Waals surface area contributed by atoms with Gasteiger partial charge in [-0.3, -0.25) is 14.5 Å². The number of carbonyl (C=O) groups excluding carboxylic acids is 2. The summed E-state index contributed by atoms with van der Waals surface area (Å²) in [7, 11) is 0. The third-order valence-electron chi connectivity index (χ3n) is 7.61. The van der Waals surface area contributed by atoms with Gasteiger partial charge in [-0.15, -0.1) is 0 Å². The molecule has 4 atom stereocenters. The Labute approximate surface area is 227 Å². The van der Waals surface area contributed by atoms with Gasteiger partial charge >= 0.3 is 0 Å². The number of benzene rings is 2. The van der Waals surface area contributed by atoms with Crippen LogP contribution in [-0.4, -0.2) is 63.0 Å². The molecule has 0 spiro atoms. The molecule has 2 amide bonds. The molecule has 2 aliphatic rings. The number of likely N-dealkylation sites (tertiary alicyclic amines) is 1. The van der Waals surface area contributed by atoms with E-state index in [9.17, 15) is 30.0 Å². The summed E-state index contributed by atoms with van der Waals surface area (Å²) in [5, 5.41) is 42.0. The van der Waals surface area contributed by atoms with Gasteiger partial charge in [-0.25, -0.2) is 0 Å². The number of carbonyl (C=O) groups is 2. The van der Waals surface area contributed by atoms with E-state index in [0.29, 0.717) is 41.1 Å². The zero-order chi connectivity index (χ0) is 27.4. The molecule has 2 aromatic carbocycles. The van der Waals surface area contributed by atoms with E-state index >= 15 is 0 Å². The van der Waals surface area contributed by atoms with Crippen molar-refractivity contribution in [1.29, 1.82) is 0 Å². The third kappa shape index (κ3) is 5.57. The molecular weight excluding hydrogens is 506 g/mol. The highest BCUT2D eigenvalue weighted by atomic mass is 35.5. The molecule has 0 aromatic heterocycles. The Morgan fingerprint density at radius 3 is 2.50 bits per heavy atom. The Bertz CT molecular complexity index is 1240. The minimum absolute atomic E-state index is 0.0652. The number of aromatic hydroxyl groups is 1. The van der Waals surface area contributed by atoms with Crippen LogP contribution in [0, 0.1) is 17.8 Å². The van der Waals surface area contributed by atoms with E-state index < -0.39 is 30.5 Å². The van der Waals surface area contributed by atoms with Crippen molar-refractivity contribution in [1.82, 2.24) is 4.90 Å². The Morgan fingerprint density at radius 2 is 1.87 bits per heavy atom. The van der Waals surface area contributed by atoms with Gasteiger partial charge < -0.3 is 20.4 Å². The molecule has 1 heterocycles. The van der Waals surface area contributed by atoms with Gasteiger partial charge in [0.25, 0.3) is 0 Å². The van der Waals surface area contributed by atoms with Gasteiger partial charge in [-0.05, 0) is 77.8 Å². The van der Waals surface area contributed by atoms with E-state index in [0.717, 1.165) is 11.1 Å². The summed E-state index contributed by atoms with van der Waals surface area (Å²) in [5.74, 6) is -2.61. The molecule has 1 fully saturated rings. The van der Waals surface area contributed by atoms with Crippen molar-refractivity contribution >= 4 is 35.1 Å². The van der Waals surface area contributed by atoms with Crippen LogP contribution in [0.5, 0.6) is 5.75 Å². The molecule has 8 heteroatoms. The second-order valence-electron chi connectivity index (χ2n) is 9.97. The lowest BCUT2D eigenvalue weighted by atomic mass is 9.68. The quantitative estimate of drug-likeness (QED) is 0.206. The number of fused-ring (bicyclic) bond motifs is 1. The summed E-state index contributed by atoms with van der Waals surface area (Å²) in [6.45, 7) is 1.45. The Morgan fingerprint density at radius 1 is 1.13 bits per heavy atom. The standard InChI is InChI=1S/C30H34ClNO6/c1-2-12-32-29(37)23-14-21(16-33)27(24(17-34)28(23)30(32)38)26(36)11-9-19(18-6-4-3-5-7-18)13-20-8-10-22(35)15-25(20)31/h3-8,10,13,15,23-24,26,28,33-36H,2,9,11-12,14,16-17H2,1H3/b19-13-/t23-,24+,26-,28-/m1/s1. The molecule has 0 bridgehead atoms. The van der Waals surface area contributed by atoms with Gasteiger partial charge in [0.05, 0.1) is 36.2 Å². The fourth-order valence-corrected chi connectivity index (χ4v) is 6.06. The first-order chi connectivity index (χ1) is 18.3. The van der Waals surface area contributed by atoms with Gasteiger partial charge in [0, 0.05) is 12.5 Å². The van der Waals surface area contributed by atoms with Gasteiger partial charge in [0.2, 0.25) is 11.8 Å². The van der Waals surface area contributed by atoms with Gasteiger partial charge in [-0.2, -0.15) is 0 Å². The van der Waals surface area contributed by atoms with Crippen LogP contribution in [-0.2, 0) is 9.59 Å². The number of imide groups is 1. The van der Waals surface area contributed by atoms with Crippen LogP contribution >= 0.6 is 11.6 Å². The predicted molar refractivity (Wildman–Crippen MR) is 146 cm³/mol. The summed E-state index contributed by atoms with van der Waals surface area (Å²) in [5.41, 5.74) is 3.54. The van der Waals surface area contributed by atoms with Gasteiger partial charge in [-0.1, -0.05) is 48.9 Å². The lowest BCUT2D eigenvalue weighted by molar-refractivity contribution is -0.140. The molecule has 0 saturated carbocycles. The highest BCUT2D eigenvalue weighted by Gasteiger charge is 2.54. The fraction of sp³-hybridized carbons (Fsp3) is 0.400. The molecule has 38 heavy (non-hydrogen) atoms. The number of phenolic OH excluding ortho intramolecular Hbond substituents is 1. The first-order valence-corrected chi connectivity index (χ1v) is 13.4. The average Bonchev–Trinajstić information content (AvgIpc) is 3.16. The van der Waals surface area contributed by atoms with Crippen LogP contribution < -0.4 is 0 Å². The molecule has 4 rings (SSSR count). The third-order valence-corrected chi connectivity index (χ3v) is 7.94. The van der Waals surface area contributed by atoms with Crippen molar-refractivity contribution < 1.29 is 30.0 Å². The molecule has 202 valence electrons. The van der Waals surface area contributed by atoms with Crippen LogP contribution in [0.3, 0.4) is 0 Å². The van der Waals surface area contributed by atoms with Crippen molar-refractivity contribution in [3.63, 3.8) is 0 Å². The highest BCUT2D eigenvalue weighted by Crippen LogP contribution is 2.46. The molecule has 2 aromatic rings. The van der Waals surface area contributed by atoms with E-state index in [4.69, 9.17) is 11.6 Å². The number of amides is 2. The van der Waals surface area contributed by atoms with Crippen LogP contribution in [0.2, 0.25) is 5.02 Å². The van der Waals surface area contributed by atoms with Crippen LogP contribution in [0.25, 0.3) is 11.6 Å². The van der Waals surface area contributed by atoms with Crippen molar-refractivity contribution in [2.24, 2.45) is 17.8 Å². The summed E-state index contributed by atoms with van der Waals surface area (Å²) in [6, 6.07) is 14.4. The second-order valence-corrected chi connectivity index (χ2v) is 10.4. The highest BCUT2D eigenvalue weighted by molar-refractivity contribution is 6.32. The number of rotatable bonds is 10. The molecule has 0 unspecified atom stereocenters. The van der Waals surface area contributed by atoms with Gasteiger partial charge in [0.1, 0.15) is 5.75 Å². The van der Waals surface area contributed by atoms with E-state index in [1.54, 1.807) is 12.1 Å². The van der Waals surface area contributed by atoms with Gasteiger partial charge in [0.15, 0.2) is 0 Å². The minimum atomic E-state index is -1.03. The topological polar surface area (TPSA) is 118 Å². The number of halogens is 1. The maximum absolute atomic E-state index is 13.2. The van der Waals surface area contributed by atoms with Crippen molar-refractivity contribution in [2.75, 3.05) is 19.8 Å². The fourth-order valence-electron chi connectivity index (χ4n) is 5.84. The zero-order valence-corrected chi connectivity index (χ0v) is 22.1. The zero-order valence-electron chi connectivity index (χ0n) is 21.4. The lowest BCUT2D eigenvalue weighted by Gasteiger charge is -2.36. The second kappa shape index (κ2) is 12.3. The number of aliphatic hydroxyl groups excluding tert-OH is 3. The lowest BCUT2D eigenvalue weighted by Crippen LogP contribution is -2.39. The SMILES string of the molecule is CCCN1C(=O)[C@@H]2[C@@H](CC(CO)=C([C@H](O)CC/C(=C/c3ccc(O)cc3Cl)c3ccccc3)[C@@H]2CO)C1=O. The molecule has 1 saturated heterocycles. The summed E-state index contributed by atoms with van der Waals surface area (Å²) in [4.78, 5) is 27.4. The Balaban J connectivity index is 1.63. The molecule has 1 aliphatic heterocycles. The number of phenols is 1. The summed E-state index contributed by atoms with van der Waals surface area (Å²) < 4.78 is 0. The number of allylic oxidation sites excluding steroid dienone is 1. The summed E-state index contributed by atoms with van der Waals surface area (Å²) in [6.07, 6.45) is 2.42. The van der Waals surface area contributed by atoms with Crippen molar-refractivity contribution in [2.45, 2.75) is 38.7 Å². The molecular formula is C30H34ClNO6. The number of nitrogens with zero attached hydrogens (tertiary/aromatic N) is 1. The monoisotopic (exact) mass is 539 g/mol. The van der Waals surface area contributed by atoms with Crippen molar-refractivity contribution in [3.8, 4) is 5.75 Å². The normalized spacial score (nSPS) is 22.7. The predicted octanol–water partition coefficient (Wildman–Crippen LogP) is 4.04. The molecule has 1 aliphatic carbocycles. The number of aliphatic hydroxyl groups is 3. The molecule has 7 nitrogen and oxygen atoms in total. The minimum Gasteiger partial charge on any atom is -0.508 e. The van der Waals surface area contributed by atoms with E-state index in [2.05, 4.69) is 0 Å². The van der Waals surface area contributed by atoms with Crippen LogP contribution in [0.15, 0.2) is 59.7 Å². The summed E-state index contributed by atoms with van der Waals surface area (Å²) >= 11 is 6.35. The first-order valence-electron chi connectivity index (χ1n) is 13.0. The Hall–Kier alpha value is -2.97. The average molecular weight is 540 g/mol.